The lowest BCUT2D eigenvalue weighted by molar-refractivity contribution is -0.425. The van der Waals surface area contributed by atoms with Crippen molar-refractivity contribution in [3.8, 4) is 0 Å². The number of amides is 1. The van der Waals surface area contributed by atoms with Crippen molar-refractivity contribution in [2.45, 2.75) is 66.2 Å². The number of hydrogen-bond acceptors (Lipinski definition) is 4. The van der Waals surface area contributed by atoms with Gasteiger partial charge >= 0.3 is 66.9 Å². The lowest BCUT2D eigenvalue weighted by atomic mass is 9.72. The third-order valence-corrected chi connectivity index (χ3v) is 5.75. The molecule has 1 aromatic rings. The fourth-order valence-electron chi connectivity index (χ4n) is 3.10. The number of nitrogens with two attached hydrogens (primary N) is 1. The number of hydroxylamine groups is 1. The number of rotatable bonds is 13. The number of nitrogens with one attached hydrogen (secondary N) is 1. The molecule has 0 heterocycles. The van der Waals surface area contributed by atoms with Crippen LogP contribution < -0.4 is 16.7 Å². The standard InChI is InChI=1S/C19H11BF22N2O3/c21-10(22,12(25,26)14(29,30)16(33,34)18(37,38)39)6-1-2-8(20(46)47-44-9(45)3-4-43)7(5-6)11(23,24)13(27,28)15(31,32)17(35,36)19(40,41)42/h1-2,5,46H,3-4,43H2,(H,44,45). The zero-order valence-corrected chi connectivity index (χ0v) is 21.4. The molecule has 0 aromatic heterocycles. The van der Waals surface area contributed by atoms with E-state index in [0.717, 1.165) is 5.48 Å². The van der Waals surface area contributed by atoms with Gasteiger partial charge < -0.3 is 10.8 Å². The van der Waals surface area contributed by atoms with Gasteiger partial charge in [0.1, 0.15) is 0 Å². The summed E-state index contributed by atoms with van der Waals surface area (Å²) in [4.78, 5) is 11.3. The van der Waals surface area contributed by atoms with Crippen LogP contribution in [0.4, 0.5) is 96.6 Å². The van der Waals surface area contributed by atoms with E-state index in [2.05, 4.69) is 4.76 Å². The average Bonchev–Trinajstić information content (AvgIpc) is 2.89. The third-order valence-electron chi connectivity index (χ3n) is 5.75. The molecule has 47 heavy (non-hydrogen) atoms. The molecule has 0 aliphatic rings. The molecule has 4 N–H and O–H groups in total. The van der Waals surface area contributed by atoms with E-state index in [0.29, 0.717) is 0 Å². The molecule has 0 unspecified atom stereocenters. The fraction of sp³-hybridized carbons (Fsp3) is 0.632. The molecule has 1 aromatic carbocycles. The smallest absolute Gasteiger partial charge is 0.422 e. The Labute approximate surface area is 244 Å². The first-order valence-corrected chi connectivity index (χ1v) is 11.1. The summed E-state index contributed by atoms with van der Waals surface area (Å²) < 4.78 is 302. The van der Waals surface area contributed by atoms with Gasteiger partial charge in [0.05, 0.1) is 0 Å². The summed E-state index contributed by atoms with van der Waals surface area (Å²) in [6.45, 7) is -0.598. The highest BCUT2D eigenvalue weighted by Gasteiger charge is 2.89. The zero-order valence-electron chi connectivity index (χ0n) is 21.4. The minimum Gasteiger partial charge on any atom is -0.422 e. The number of carbonyl (C=O) groups excluding carboxylic acids is 1. The van der Waals surface area contributed by atoms with Crippen LogP contribution in [0.1, 0.15) is 17.5 Å². The molecule has 0 fully saturated rings. The Morgan fingerprint density at radius 3 is 1.38 bits per heavy atom. The van der Waals surface area contributed by atoms with E-state index in [4.69, 9.17) is 5.73 Å². The van der Waals surface area contributed by atoms with E-state index in [1.54, 1.807) is 0 Å². The second-order valence-corrected chi connectivity index (χ2v) is 8.93. The Morgan fingerprint density at radius 1 is 0.638 bits per heavy atom. The van der Waals surface area contributed by atoms with Crippen molar-refractivity contribution in [3.63, 3.8) is 0 Å². The van der Waals surface area contributed by atoms with Crippen LogP contribution in [0.25, 0.3) is 0 Å². The van der Waals surface area contributed by atoms with Crippen LogP contribution in [0.5, 0.6) is 0 Å². The molecular formula is C19H11BF22N2O3. The van der Waals surface area contributed by atoms with E-state index < -0.39 is 121 Å². The summed E-state index contributed by atoms with van der Waals surface area (Å²) in [5.41, 5.74) is -3.84. The molecule has 0 radical (unpaired) electrons. The van der Waals surface area contributed by atoms with Crippen LogP contribution in [0, 0.1) is 0 Å². The lowest BCUT2D eigenvalue weighted by Gasteiger charge is -2.39. The molecule has 1 rings (SSSR count). The number of carbonyl (C=O) groups is 1. The Balaban J connectivity index is 4.16. The van der Waals surface area contributed by atoms with Crippen molar-refractivity contribution < 1.29 is 111 Å². The van der Waals surface area contributed by atoms with Crippen molar-refractivity contribution in [3.05, 3.63) is 29.3 Å². The van der Waals surface area contributed by atoms with Gasteiger partial charge in [-0.25, -0.2) is 5.48 Å². The minimum absolute atomic E-state index is 0.598. The van der Waals surface area contributed by atoms with Gasteiger partial charge in [-0.05, 0) is 11.5 Å². The summed E-state index contributed by atoms with van der Waals surface area (Å²) >= 11 is 0. The molecule has 0 aliphatic carbocycles. The van der Waals surface area contributed by atoms with E-state index in [1.807, 2.05) is 0 Å². The van der Waals surface area contributed by atoms with Crippen molar-refractivity contribution in [1.82, 2.24) is 5.48 Å². The first-order valence-electron chi connectivity index (χ1n) is 11.1. The van der Waals surface area contributed by atoms with Gasteiger partial charge in [-0.15, -0.1) is 0 Å². The summed E-state index contributed by atoms with van der Waals surface area (Å²) in [6, 6.07) is -3.80. The number of halogens is 22. The summed E-state index contributed by atoms with van der Waals surface area (Å²) in [7, 11) is -3.66. The molecule has 0 bridgehead atoms. The second-order valence-electron chi connectivity index (χ2n) is 8.93. The van der Waals surface area contributed by atoms with Gasteiger partial charge in [0.2, 0.25) is 5.91 Å². The molecular weight excluding hydrogens is 733 g/mol. The van der Waals surface area contributed by atoms with Crippen LogP contribution in [0.2, 0.25) is 0 Å². The van der Waals surface area contributed by atoms with Crippen LogP contribution in [-0.2, 0) is 21.4 Å². The van der Waals surface area contributed by atoms with Gasteiger partial charge in [0, 0.05) is 24.1 Å². The molecule has 1 amide bonds. The maximum absolute atomic E-state index is 14.9. The van der Waals surface area contributed by atoms with Crippen molar-refractivity contribution >= 4 is 18.5 Å². The average molecular weight is 744 g/mol. The molecule has 0 saturated carbocycles. The highest BCUT2D eigenvalue weighted by atomic mass is 19.4. The normalized spacial score (nSPS) is 15.1. The maximum Gasteiger partial charge on any atom is 0.514 e. The minimum atomic E-state index is -8.37. The number of benzene rings is 1. The van der Waals surface area contributed by atoms with Crippen molar-refractivity contribution in [1.29, 1.82) is 0 Å². The Bertz CT molecular complexity index is 1300. The maximum atomic E-state index is 14.9. The molecule has 0 spiro atoms. The highest BCUT2D eigenvalue weighted by molar-refractivity contribution is 6.60. The SMILES string of the molecule is NCCC(=O)NOB(O)c1ccc(C(F)(F)C(F)(F)C(F)(F)C(F)(F)C(F)(F)F)cc1C(F)(F)C(F)(F)C(F)(F)C(F)(F)C(F)(F)F. The quantitative estimate of drug-likeness (QED) is 0.134. The third kappa shape index (κ3) is 6.47. The largest absolute Gasteiger partial charge is 0.514 e. The molecule has 0 aliphatic heterocycles. The van der Waals surface area contributed by atoms with Crippen LogP contribution in [0.3, 0.4) is 0 Å². The Hall–Kier alpha value is -2.91. The van der Waals surface area contributed by atoms with E-state index in [9.17, 15) is 106 Å². The van der Waals surface area contributed by atoms with Gasteiger partial charge in [-0.2, -0.15) is 96.6 Å². The zero-order chi connectivity index (χ0) is 37.8. The predicted molar refractivity (Wildman–Crippen MR) is 107 cm³/mol. The predicted octanol–water partition coefficient (Wildman–Crippen LogP) is 5.89. The van der Waals surface area contributed by atoms with E-state index >= 15 is 0 Å². The van der Waals surface area contributed by atoms with Gasteiger partial charge in [0.15, 0.2) is 0 Å². The Kier molecular flexibility index (Phi) is 10.9. The molecule has 28 heteroatoms. The van der Waals surface area contributed by atoms with Crippen LogP contribution in [-0.4, -0.2) is 72.5 Å². The van der Waals surface area contributed by atoms with Crippen LogP contribution in [0.15, 0.2) is 18.2 Å². The summed E-state index contributed by atoms with van der Waals surface area (Å²) in [5.74, 6) is -65.8. The van der Waals surface area contributed by atoms with Crippen molar-refractivity contribution in [2.24, 2.45) is 5.73 Å². The summed E-state index contributed by atoms with van der Waals surface area (Å²) in [5, 5.41) is 9.78. The van der Waals surface area contributed by atoms with E-state index in [-0.39, 0.29) is 0 Å². The van der Waals surface area contributed by atoms with Crippen LogP contribution >= 0.6 is 0 Å². The lowest BCUT2D eigenvalue weighted by Crippen LogP contribution is -2.66. The van der Waals surface area contributed by atoms with E-state index in [1.165, 1.54) is 0 Å². The number of alkyl halides is 22. The molecule has 272 valence electrons. The van der Waals surface area contributed by atoms with Crippen molar-refractivity contribution in [2.75, 3.05) is 6.54 Å². The fourth-order valence-corrected chi connectivity index (χ4v) is 3.10. The molecule has 0 atom stereocenters. The second kappa shape index (κ2) is 12.2. The van der Waals surface area contributed by atoms with Gasteiger partial charge in [0.25, 0.3) is 0 Å². The molecule has 0 saturated heterocycles. The number of hydrogen-bond donors (Lipinski definition) is 3. The monoisotopic (exact) mass is 744 g/mol. The first kappa shape index (κ1) is 42.1. The highest BCUT2D eigenvalue weighted by Crippen LogP contribution is 2.62. The van der Waals surface area contributed by atoms with Gasteiger partial charge in [-0.3, -0.25) is 9.55 Å². The first-order chi connectivity index (χ1) is 20.5. The van der Waals surface area contributed by atoms with Gasteiger partial charge in [-0.1, -0.05) is 12.1 Å². The topological polar surface area (TPSA) is 84.6 Å². The molecule has 5 nitrogen and oxygen atoms in total. The summed E-state index contributed by atoms with van der Waals surface area (Å²) in [6.07, 6.45) is -16.4. The Morgan fingerprint density at radius 2 is 1.02 bits per heavy atom.